The Morgan fingerprint density at radius 2 is 1.74 bits per heavy atom. The van der Waals surface area contributed by atoms with E-state index in [-0.39, 0.29) is 6.61 Å². The van der Waals surface area contributed by atoms with Gasteiger partial charge in [0.15, 0.2) is 0 Å². The summed E-state index contributed by atoms with van der Waals surface area (Å²) in [4.78, 5) is 48.1. The molecule has 188 valence electrons. The van der Waals surface area contributed by atoms with Crippen molar-refractivity contribution < 1.29 is 53.8 Å². The fraction of sp³-hybridized carbons (Fsp3) is 0.500. The molecule has 3 amide bonds. The summed E-state index contributed by atoms with van der Waals surface area (Å²) in [7, 11) is 0.929. The molecule has 14 heteroatoms. The highest BCUT2D eigenvalue weighted by atomic mass is 16.6. The number of alkyl carbamates (subject to hydrolysis) is 1. The van der Waals surface area contributed by atoms with Gasteiger partial charge in [0.25, 0.3) is 5.72 Å². The summed E-state index contributed by atoms with van der Waals surface area (Å²) < 4.78 is 14.7. The minimum absolute atomic E-state index is 0.00748. The molecule has 1 aliphatic heterocycles. The van der Waals surface area contributed by atoms with Crippen LogP contribution in [-0.4, -0.2) is 101 Å². The van der Waals surface area contributed by atoms with Crippen LogP contribution in [0.1, 0.15) is 5.56 Å². The molecular weight excluding hydrogens is 458 g/mol. The summed E-state index contributed by atoms with van der Waals surface area (Å²) >= 11 is 0. The van der Waals surface area contributed by atoms with E-state index in [9.17, 15) is 34.5 Å². The zero-order valence-corrected chi connectivity index (χ0v) is 18.2. The van der Waals surface area contributed by atoms with Gasteiger partial charge in [-0.3, -0.25) is 9.59 Å². The predicted molar refractivity (Wildman–Crippen MR) is 111 cm³/mol. The van der Waals surface area contributed by atoms with Crippen LogP contribution in [0.5, 0.6) is 0 Å². The van der Waals surface area contributed by atoms with Crippen molar-refractivity contribution >= 4 is 23.9 Å². The normalized spacial score (nSPS) is 24.6. The Morgan fingerprint density at radius 3 is 2.35 bits per heavy atom. The molecule has 0 radical (unpaired) electrons. The van der Waals surface area contributed by atoms with Crippen LogP contribution < -0.4 is 16.0 Å². The Balaban J connectivity index is 1.85. The topological polar surface area (TPSA) is 213 Å². The average molecular weight is 485 g/mol. The lowest BCUT2D eigenvalue weighted by Crippen LogP contribution is -2.63. The largest absolute Gasteiger partial charge is 0.465 e. The molecule has 0 bridgehead atoms. The standard InChI is InChI=1S/C20H27N3O11/c1-32-18(30)20(17(29)15(28)16(34-20)12(25)9-24)23-14(27)8-21-13(26)7-22-19(31)33-10-11-5-3-2-4-6-11/h2-6,12,15-17,24-25,28-29H,7-10H2,1H3,(H,21,26)(H,22,31)(H,23,27). The Bertz CT molecular complexity index is 869. The number of benzene rings is 1. The van der Waals surface area contributed by atoms with Crippen LogP contribution >= 0.6 is 0 Å². The van der Waals surface area contributed by atoms with E-state index in [1.54, 1.807) is 30.3 Å². The molecular formula is C20H27N3O11. The Hall–Kier alpha value is -3.30. The van der Waals surface area contributed by atoms with Gasteiger partial charge in [-0.1, -0.05) is 30.3 Å². The molecule has 34 heavy (non-hydrogen) atoms. The van der Waals surface area contributed by atoms with Gasteiger partial charge in [0.05, 0.1) is 20.3 Å². The monoisotopic (exact) mass is 485 g/mol. The van der Waals surface area contributed by atoms with E-state index in [2.05, 4.69) is 15.4 Å². The minimum atomic E-state index is -2.60. The van der Waals surface area contributed by atoms with Crippen LogP contribution in [0.15, 0.2) is 30.3 Å². The molecule has 0 aliphatic carbocycles. The maximum Gasteiger partial charge on any atom is 0.407 e. The molecule has 5 atom stereocenters. The number of amides is 3. The summed E-state index contributed by atoms with van der Waals surface area (Å²) in [5, 5.41) is 45.6. The van der Waals surface area contributed by atoms with Crippen LogP contribution in [0.3, 0.4) is 0 Å². The third kappa shape index (κ3) is 6.61. The molecule has 14 nitrogen and oxygen atoms in total. The smallest absolute Gasteiger partial charge is 0.407 e. The summed E-state index contributed by atoms with van der Waals surface area (Å²) in [5.41, 5.74) is -1.86. The molecule has 1 heterocycles. The maximum absolute atomic E-state index is 12.3. The van der Waals surface area contributed by atoms with Gasteiger partial charge in [-0.2, -0.15) is 0 Å². The van der Waals surface area contributed by atoms with Crippen molar-refractivity contribution in [2.24, 2.45) is 0 Å². The number of aliphatic hydroxyl groups is 4. The van der Waals surface area contributed by atoms with E-state index in [4.69, 9.17) is 14.6 Å². The number of methoxy groups -OCH3 is 1. The maximum atomic E-state index is 12.3. The number of hydrogen-bond donors (Lipinski definition) is 7. The third-order valence-electron chi connectivity index (χ3n) is 4.83. The molecule has 0 spiro atoms. The highest BCUT2D eigenvalue weighted by Gasteiger charge is 2.62. The van der Waals surface area contributed by atoms with E-state index >= 15 is 0 Å². The number of nitrogens with one attached hydrogen (secondary N) is 3. The molecule has 1 aliphatic rings. The van der Waals surface area contributed by atoms with Gasteiger partial charge < -0.3 is 50.6 Å². The number of carbonyl (C=O) groups is 4. The zero-order chi connectivity index (χ0) is 25.3. The van der Waals surface area contributed by atoms with Gasteiger partial charge in [-0.25, -0.2) is 9.59 Å². The third-order valence-corrected chi connectivity index (χ3v) is 4.83. The molecule has 5 unspecified atom stereocenters. The van der Waals surface area contributed by atoms with E-state index in [1.165, 1.54) is 0 Å². The highest BCUT2D eigenvalue weighted by molar-refractivity contribution is 5.91. The Morgan fingerprint density at radius 1 is 1.09 bits per heavy atom. The van der Waals surface area contributed by atoms with E-state index in [1.807, 2.05) is 5.32 Å². The Labute approximate surface area is 193 Å². The molecule has 0 saturated carbocycles. The van der Waals surface area contributed by atoms with Gasteiger partial charge in [-0.05, 0) is 5.56 Å². The summed E-state index contributed by atoms with van der Waals surface area (Å²) in [6, 6.07) is 8.83. The first-order chi connectivity index (χ1) is 16.1. The molecule has 1 aromatic carbocycles. The Kier molecular flexibility index (Phi) is 9.70. The zero-order valence-electron chi connectivity index (χ0n) is 18.2. The van der Waals surface area contributed by atoms with Crippen molar-refractivity contribution in [1.82, 2.24) is 16.0 Å². The van der Waals surface area contributed by atoms with Gasteiger partial charge in [-0.15, -0.1) is 0 Å². The lowest BCUT2D eigenvalue weighted by Gasteiger charge is -2.30. The molecule has 1 fully saturated rings. The van der Waals surface area contributed by atoms with Crippen LogP contribution in [0.2, 0.25) is 0 Å². The van der Waals surface area contributed by atoms with Crippen molar-refractivity contribution in [2.75, 3.05) is 26.8 Å². The van der Waals surface area contributed by atoms with Gasteiger partial charge >= 0.3 is 12.1 Å². The van der Waals surface area contributed by atoms with E-state index < -0.39 is 73.7 Å². The highest BCUT2D eigenvalue weighted by Crippen LogP contribution is 2.32. The predicted octanol–water partition coefficient (Wildman–Crippen LogP) is -3.51. The first kappa shape index (κ1) is 26.9. The van der Waals surface area contributed by atoms with Gasteiger partial charge in [0, 0.05) is 0 Å². The van der Waals surface area contributed by atoms with Crippen molar-refractivity contribution in [1.29, 1.82) is 0 Å². The van der Waals surface area contributed by atoms with Crippen LogP contribution in [0, 0.1) is 0 Å². The number of carbonyl (C=O) groups excluding carboxylic acids is 4. The average Bonchev–Trinajstić information content (AvgIpc) is 3.10. The second-order valence-electron chi connectivity index (χ2n) is 7.24. The molecule has 7 N–H and O–H groups in total. The fourth-order valence-electron chi connectivity index (χ4n) is 3.08. The SMILES string of the molecule is COC(=O)C1(NC(=O)CNC(=O)CNC(=O)OCc2ccccc2)OC(C(O)CO)C(O)C1O. The van der Waals surface area contributed by atoms with Crippen molar-refractivity contribution in [3.05, 3.63) is 35.9 Å². The van der Waals surface area contributed by atoms with Crippen LogP contribution in [0.25, 0.3) is 0 Å². The molecule has 1 aromatic rings. The van der Waals surface area contributed by atoms with Gasteiger partial charge in [0.2, 0.25) is 11.8 Å². The van der Waals surface area contributed by atoms with Crippen molar-refractivity contribution in [2.45, 2.75) is 36.7 Å². The molecule has 0 aromatic heterocycles. The quantitative estimate of drug-likeness (QED) is 0.161. The van der Waals surface area contributed by atoms with Gasteiger partial charge in [0.1, 0.15) is 37.6 Å². The number of ether oxygens (including phenoxy) is 3. The number of hydrogen-bond acceptors (Lipinski definition) is 11. The lowest BCUT2D eigenvalue weighted by molar-refractivity contribution is -0.190. The summed E-state index contributed by atoms with van der Waals surface area (Å²) in [6.45, 7) is -2.10. The second-order valence-corrected chi connectivity index (χ2v) is 7.24. The molecule has 1 saturated heterocycles. The fourth-order valence-corrected chi connectivity index (χ4v) is 3.08. The molecule has 2 rings (SSSR count). The first-order valence-electron chi connectivity index (χ1n) is 10.1. The lowest BCUT2D eigenvalue weighted by atomic mass is 10.0. The minimum Gasteiger partial charge on any atom is -0.465 e. The second kappa shape index (κ2) is 12.2. The van der Waals surface area contributed by atoms with Crippen molar-refractivity contribution in [3.63, 3.8) is 0 Å². The van der Waals surface area contributed by atoms with E-state index in [0.717, 1.165) is 12.7 Å². The van der Waals surface area contributed by atoms with Crippen LogP contribution in [-0.2, 0) is 35.2 Å². The number of esters is 1. The van der Waals surface area contributed by atoms with E-state index in [0.29, 0.717) is 0 Å². The summed E-state index contributed by atoms with van der Waals surface area (Å²) in [5.74, 6) is -3.11. The van der Waals surface area contributed by atoms with Crippen molar-refractivity contribution in [3.8, 4) is 0 Å². The number of aliphatic hydroxyl groups excluding tert-OH is 4. The first-order valence-corrected chi connectivity index (χ1v) is 10.1. The summed E-state index contributed by atoms with van der Waals surface area (Å²) in [6.07, 6.45) is -8.09. The number of rotatable bonds is 10. The van der Waals surface area contributed by atoms with Crippen LogP contribution in [0.4, 0.5) is 4.79 Å².